The first kappa shape index (κ1) is 14.2. The standard InChI is InChI=1S/C13H18N2O3/c1-10(17)14-9-13(18)15-12(7-8-16)11-5-3-2-4-6-11/h2-6,12,16H,7-9H2,1H3,(H,14,17)(H,15,18). The normalized spacial score (nSPS) is 11.7. The summed E-state index contributed by atoms with van der Waals surface area (Å²) in [7, 11) is 0. The molecule has 0 aliphatic heterocycles. The highest BCUT2D eigenvalue weighted by atomic mass is 16.3. The minimum absolute atomic E-state index is 0.0139. The average molecular weight is 250 g/mol. The number of aliphatic hydroxyl groups excluding tert-OH is 1. The molecule has 1 atom stereocenters. The fourth-order valence-electron chi connectivity index (χ4n) is 1.59. The minimum Gasteiger partial charge on any atom is -0.396 e. The molecule has 0 bridgehead atoms. The van der Waals surface area contributed by atoms with E-state index < -0.39 is 0 Å². The van der Waals surface area contributed by atoms with Gasteiger partial charge in [0.1, 0.15) is 0 Å². The molecule has 1 aromatic carbocycles. The molecule has 2 amide bonds. The highest BCUT2D eigenvalue weighted by molar-refractivity contribution is 5.83. The first-order valence-electron chi connectivity index (χ1n) is 5.83. The summed E-state index contributed by atoms with van der Waals surface area (Å²) < 4.78 is 0. The van der Waals surface area contributed by atoms with Crippen LogP contribution in [-0.2, 0) is 9.59 Å². The molecule has 1 aromatic rings. The van der Waals surface area contributed by atoms with Gasteiger partial charge in [0.2, 0.25) is 11.8 Å². The van der Waals surface area contributed by atoms with E-state index in [1.54, 1.807) is 0 Å². The molecule has 98 valence electrons. The van der Waals surface area contributed by atoms with Gasteiger partial charge in [0.25, 0.3) is 0 Å². The van der Waals surface area contributed by atoms with E-state index in [9.17, 15) is 9.59 Å². The molecular weight excluding hydrogens is 232 g/mol. The van der Waals surface area contributed by atoms with Gasteiger partial charge in [-0.15, -0.1) is 0 Å². The van der Waals surface area contributed by atoms with E-state index in [0.717, 1.165) is 5.56 Å². The van der Waals surface area contributed by atoms with Gasteiger partial charge in [-0.3, -0.25) is 9.59 Å². The van der Waals surface area contributed by atoms with Crippen LogP contribution in [0, 0.1) is 0 Å². The number of nitrogens with one attached hydrogen (secondary N) is 2. The summed E-state index contributed by atoms with van der Waals surface area (Å²) in [5.74, 6) is -0.518. The van der Waals surface area contributed by atoms with Crippen LogP contribution < -0.4 is 10.6 Å². The number of hydrogen-bond acceptors (Lipinski definition) is 3. The van der Waals surface area contributed by atoms with Crippen LogP contribution in [0.5, 0.6) is 0 Å². The number of aliphatic hydroxyl groups is 1. The summed E-state index contributed by atoms with van der Waals surface area (Å²) in [6.45, 7) is 1.29. The third-order valence-electron chi connectivity index (χ3n) is 2.45. The Labute approximate surface area is 106 Å². The van der Waals surface area contributed by atoms with Crippen LogP contribution in [0.4, 0.5) is 0 Å². The van der Waals surface area contributed by atoms with Gasteiger partial charge in [-0.05, 0) is 12.0 Å². The first-order valence-corrected chi connectivity index (χ1v) is 5.83. The van der Waals surface area contributed by atoms with Crippen molar-refractivity contribution in [1.82, 2.24) is 10.6 Å². The molecule has 0 aliphatic rings. The van der Waals surface area contributed by atoms with Crippen LogP contribution in [0.3, 0.4) is 0 Å². The Morgan fingerprint density at radius 3 is 2.50 bits per heavy atom. The second-order valence-corrected chi connectivity index (χ2v) is 3.95. The van der Waals surface area contributed by atoms with E-state index >= 15 is 0 Å². The van der Waals surface area contributed by atoms with Crippen molar-refractivity contribution in [2.75, 3.05) is 13.2 Å². The maximum atomic E-state index is 11.6. The Morgan fingerprint density at radius 2 is 1.94 bits per heavy atom. The topological polar surface area (TPSA) is 78.4 Å². The summed E-state index contributed by atoms with van der Waals surface area (Å²) >= 11 is 0. The maximum absolute atomic E-state index is 11.6. The van der Waals surface area contributed by atoms with Gasteiger partial charge in [0.05, 0.1) is 12.6 Å². The van der Waals surface area contributed by atoms with Crippen LogP contribution in [0.1, 0.15) is 24.9 Å². The molecule has 0 radical (unpaired) electrons. The number of carbonyl (C=O) groups is 2. The Hall–Kier alpha value is -1.88. The molecule has 0 saturated heterocycles. The Bertz CT molecular complexity index is 392. The largest absolute Gasteiger partial charge is 0.396 e. The molecule has 0 fully saturated rings. The third kappa shape index (κ3) is 4.97. The lowest BCUT2D eigenvalue weighted by atomic mass is 10.0. The van der Waals surface area contributed by atoms with E-state index in [-0.39, 0.29) is 31.0 Å². The Morgan fingerprint density at radius 1 is 1.28 bits per heavy atom. The Balaban J connectivity index is 2.58. The van der Waals surface area contributed by atoms with Gasteiger partial charge in [0, 0.05) is 13.5 Å². The molecule has 0 saturated carbocycles. The highest BCUT2D eigenvalue weighted by Gasteiger charge is 2.13. The van der Waals surface area contributed by atoms with Crippen molar-refractivity contribution in [3.63, 3.8) is 0 Å². The maximum Gasteiger partial charge on any atom is 0.239 e. The van der Waals surface area contributed by atoms with Crippen LogP contribution in [-0.4, -0.2) is 30.1 Å². The number of benzene rings is 1. The highest BCUT2D eigenvalue weighted by Crippen LogP contribution is 2.15. The van der Waals surface area contributed by atoms with Gasteiger partial charge >= 0.3 is 0 Å². The molecule has 1 rings (SSSR count). The van der Waals surface area contributed by atoms with Crippen molar-refractivity contribution in [1.29, 1.82) is 0 Å². The molecule has 0 heterocycles. The quantitative estimate of drug-likeness (QED) is 0.682. The minimum atomic E-state index is -0.271. The van der Waals surface area contributed by atoms with Crippen molar-refractivity contribution in [3.05, 3.63) is 35.9 Å². The predicted molar refractivity (Wildman–Crippen MR) is 67.7 cm³/mol. The smallest absolute Gasteiger partial charge is 0.239 e. The monoisotopic (exact) mass is 250 g/mol. The molecule has 0 aliphatic carbocycles. The van der Waals surface area contributed by atoms with Gasteiger partial charge in [-0.2, -0.15) is 0 Å². The summed E-state index contributed by atoms with van der Waals surface area (Å²) in [6, 6.07) is 9.17. The van der Waals surface area contributed by atoms with Crippen LogP contribution in [0.15, 0.2) is 30.3 Å². The van der Waals surface area contributed by atoms with Crippen molar-refractivity contribution in [3.8, 4) is 0 Å². The lowest BCUT2D eigenvalue weighted by Crippen LogP contribution is -2.38. The van der Waals surface area contributed by atoms with Gasteiger partial charge in [0.15, 0.2) is 0 Å². The van der Waals surface area contributed by atoms with E-state index in [1.807, 2.05) is 30.3 Å². The van der Waals surface area contributed by atoms with Crippen LogP contribution >= 0.6 is 0 Å². The Kier molecular flexibility index (Phi) is 5.87. The lowest BCUT2D eigenvalue weighted by Gasteiger charge is -2.18. The number of carbonyl (C=O) groups excluding carboxylic acids is 2. The van der Waals surface area contributed by atoms with Gasteiger partial charge in [-0.25, -0.2) is 0 Å². The fraction of sp³-hybridized carbons (Fsp3) is 0.385. The second kappa shape index (κ2) is 7.45. The van der Waals surface area contributed by atoms with E-state index in [1.165, 1.54) is 6.92 Å². The number of amides is 2. The van der Waals surface area contributed by atoms with E-state index in [0.29, 0.717) is 6.42 Å². The molecule has 5 heteroatoms. The van der Waals surface area contributed by atoms with Crippen molar-refractivity contribution < 1.29 is 14.7 Å². The predicted octanol–water partition coefficient (Wildman–Crippen LogP) is 0.362. The zero-order valence-electron chi connectivity index (χ0n) is 10.3. The molecule has 0 aromatic heterocycles. The molecule has 1 unspecified atom stereocenters. The number of rotatable bonds is 6. The van der Waals surface area contributed by atoms with Crippen molar-refractivity contribution >= 4 is 11.8 Å². The third-order valence-corrected chi connectivity index (χ3v) is 2.45. The van der Waals surface area contributed by atoms with Gasteiger partial charge in [-0.1, -0.05) is 30.3 Å². The molecule has 18 heavy (non-hydrogen) atoms. The second-order valence-electron chi connectivity index (χ2n) is 3.95. The molecular formula is C13H18N2O3. The summed E-state index contributed by atoms with van der Waals surface area (Å²) in [4.78, 5) is 22.3. The lowest BCUT2D eigenvalue weighted by molar-refractivity contribution is -0.125. The van der Waals surface area contributed by atoms with Gasteiger partial charge < -0.3 is 15.7 Å². The summed E-state index contributed by atoms with van der Waals surface area (Å²) in [6.07, 6.45) is 0.440. The SMILES string of the molecule is CC(=O)NCC(=O)NC(CCO)c1ccccc1. The van der Waals surface area contributed by atoms with Crippen LogP contribution in [0.2, 0.25) is 0 Å². The number of hydrogen-bond donors (Lipinski definition) is 3. The molecule has 0 spiro atoms. The molecule has 5 nitrogen and oxygen atoms in total. The zero-order chi connectivity index (χ0) is 13.4. The zero-order valence-corrected chi connectivity index (χ0v) is 10.3. The van der Waals surface area contributed by atoms with Crippen molar-refractivity contribution in [2.45, 2.75) is 19.4 Å². The summed E-state index contributed by atoms with van der Waals surface area (Å²) in [5, 5.41) is 14.2. The average Bonchev–Trinajstić information content (AvgIpc) is 2.37. The summed E-state index contributed by atoms with van der Waals surface area (Å²) in [5.41, 5.74) is 0.933. The van der Waals surface area contributed by atoms with Crippen LogP contribution in [0.25, 0.3) is 0 Å². The van der Waals surface area contributed by atoms with Crippen molar-refractivity contribution in [2.24, 2.45) is 0 Å². The van der Waals surface area contributed by atoms with E-state index in [2.05, 4.69) is 10.6 Å². The van der Waals surface area contributed by atoms with E-state index in [4.69, 9.17) is 5.11 Å². The molecule has 3 N–H and O–H groups in total. The fourth-order valence-corrected chi connectivity index (χ4v) is 1.59. The first-order chi connectivity index (χ1) is 8.63.